The summed E-state index contributed by atoms with van der Waals surface area (Å²) < 4.78 is 38.2. The predicted molar refractivity (Wildman–Crippen MR) is 102 cm³/mol. The number of rotatable bonds is 2. The molecule has 1 saturated heterocycles. The molecule has 0 bridgehead atoms. The molecule has 2 heterocycles. The van der Waals surface area contributed by atoms with E-state index in [-0.39, 0.29) is 6.54 Å². The summed E-state index contributed by atoms with van der Waals surface area (Å²) in [6.07, 6.45) is -2.46. The molecule has 2 N–H and O–H groups in total. The number of anilines is 1. The van der Waals surface area contributed by atoms with Gasteiger partial charge in [-0.25, -0.2) is 4.98 Å². The lowest BCUT2D eigenvalue weighted by Gasteiger charge is -2.32. The maximum absolute atomic E-state index is 12.7. The Kier molecular flexibility index (Phi) is 14.5. The van der Waals surface area contributed by atoms with Crippen molar-refractivity contribution >= 4 is 5.82 Å². The summed E-state index contributed by atoms with van der Waals surface area (Å²) in [6, 6.07) is 2.43. The van der Waals surface area contributed by atoms with Gasteiger partial charge < -0.3 is 10.6 Å². The van der Waals surface area contributed by atoms with Gasteiger partial charge in [-0.1, -0.05) is 54.5 Å². The summed E-state index contributed by atoms with van der Waals surface area (Å²) in [6.45, 7) is 15.8. The van der Waals surface area contributed by atoms with Crippen molar-refractivity contribution in [1.82, 2.24) is 4.98 Å². The Morgan fingerprint density at radius 3 is 1.92 bits per heavy atom. The molecule has 148 valence electrons. The van der Waals surface area contributed by atoms with Gasteiger partial charge in [0.1, 0.15) is 11.5 Å². The molecule has 0 aliphatic carbocycles. The summed E-state index contributed by atoms with van der Waals surface area (Å²) >= 11 is 0. The Labute approximate surface area is 151 Å². The molecule has 1 fully saturated rings. The maximum atomic E-state index is 12.7. The Morgan fingerprint density at radius 1 is 1.04 bits per heavy atom. The third-order valence-electron chi connectivity index (χ3n) is 3.55. The third kappa shape index (κ3) is 8.56. The summed E-state index contributed by atoms with van der Waals surface area (Å²) in [4.78, 5) is 5.70. The van der Waals surface area contributed by atoms with Crippen molar-refractivity contribution in [3.63, 3.8) is 0 Å². The fraction of sp³-hybridized carbons (Fsp3) is 0.737. The van der Waals surface area contributed by atoms with Crippen LogP contribution in [-0.4, -0.2) is 18.1 Å². The lowest BCUT2D eigenvalue weighted by Crippen LogP contribution is -2.34. The molecule has 0 amide bonds. The van der Waals surface area contributed by atoms with Gasteiger partial charge in [0.25, 0.3) is 0 Å². The van der Waals surface area contributed by atoms with Crippen LogP contribution >= 0.6 is 0 Å². The minimum Gasteiger partial charge on any atom is -0.356 e. The number of alkyl halides is 3. The van der Waals surface area contributed by atoms with E-state index in [9.17, 15) is 13.2 Å². The highest BCUT2D eigenvalue weighted by Gasteiger charge is 2.33. The van der Waals surface area contributed by atoms with Gasteiger partial charge >= 0.3 is 6.18 Å². The number of hydrogen-bond acceptors (Lipinski definition) is 3. The minimum atomic E-state index is -4.41. The molecule has 0 atom stereocenters. The molecule has 1 aromatic rings. The van der Waals surface area contributed by atoms with Gasteiger partial charge in [0.15, 0.2) is 0 Å². The van der Waals surface area contributed by atoms with Crippen LogP contribution in [0.25, 0.3) is 0 Å². The number of pyridine rings is 1. The van der Waals surface area contributed by atoms with Gasteiger partial charge in [-0.15, -0.1) is 0 Å². The van der Waals surface area contributed by atoms with Crippen molar-refractivity contribution in [1.29, 1.82) is 0 Å². The van der Waals surface area contributed by atoms with Crippen molar-refractivity contribution in [3.8, 4) is 0 Å². The van der Waals surface area contributed by atoms with E-state index in [0.29, 0.717) is 17.3 Å². The monoisotopic (exact) mass is 363 g/mol. The van der Waals surface area contributed by atoms with Crippen LogP contribution in [0.5, 0.6) is 0 Å². The van der Waals surface area contributed by atoms with Crippen LogP contribution in [-0.2, 0) is 12.7 Å². The van der Waals surface area contributed by atoms with Gasteiger partial charge in [-0.3, -0.25) is 0 Å². The van der Waals surface area contributed by atoms with Crippen LogP contribution in [0.15, 0.2) is 12.1 Å². The summed E-state index contributed by atoms with van der Waals surface area (Å²) in [7, 11) is 0. The number of aromatic nitrogens is 1. The Bertz CT molecular complexity index is 440. The normalized spacial score (nSPS) is 14.3. The highest BCUT2D eigenvalue weighted by molar-refractivity contribution is 5.48. The molecule has 1 aliphatic rings. The first kappa shape index (κ1) is 25.9. The average Bonchev–Trinajstić information content (AvgIpc) is 2.66. The number of hydrogen-bond donors (Lipinski definition) is 1. The van der Waals surface area contributed by atoms with E-state index in [2.05, 4.69) is 11.9 Å². The molecule has 2 rings (SSSR count). The first-order valence-electron chi connectivity index (χ1n) is 9.44. The fourth-order valence-corrected chi connectivity index (χ4v) is 2.29. The van der Waals surface area contributed by atoms with Crippen molar-refractivity contribution < 1.29 is 13.2 Å². The molecule has 0 spiro atoms. The SMILES string of the molecule is CC.CC.CC.CC1CCN(c2nc(C(F)(F)F)ccc2CN)CC1. The Balaban J connectivity index is 0. The highest BCUT2D eigenvalue weighted by atomic mass is 19.4. The first-order valence-corrected chi connectivity index (χ1v) is 9.44. The van der Waals surface area contributed by atoms with Crippen molar-refractivity contribution in [2.45, 2.75) is 74.0 Å². The zero-order valence-corrected chi connectivity index (χ0v) is 16.9. The Morgan fingerprint density at radius 2 is 1.52 bits per heavy atom. The number of nitrogens with two attached hydrogens (primary N) is 1. The largest absolute Gasteiger partial charge is 0.433 e. The van der Waals surface area contributed by atoms with E-state index in [1.165, 1.54) is 6.07 Å². The van der Waals surface area contributed by atoms with E-state index >= 15 is 0 Å². The van der Waals surface area contributed by atoms with E-state index in [1.54, 1.807) is 0 Å². The van der Waals surface area contributed by atoms with Crippen LogP contribution in [0.3, 0.4) is 0 Å². The van der Waals surface area contributed by atoms with E-state index < -0.39 is 11.9 Å². The second-order valence-corrected chi connectivity index (χ2v) is 5.05. The standard InChI is InChI=1S/C13H18F3N3.3C2H6/c1-9-4-6-19(7-5-9)12-10(8-17)2-3-11(18-12)13(14,15)16;3*1-2/h2-3,9H,4-8,17H2,1H3;3*1-2H3. The fourth-order valence-electron chi connectivity index (χ4n) is 2.29. The summed E-state index contributed by atoms with van der Waals surface area (Å²) in [5, 5.41) is 0. The van der Waals surface area contributed by atoms with Crippen LogP contribution in [0.2, 0.25) is 0 Å². The van der Waals surface area contributed by atoms with Gasteiger partial charge in [0, 0.05) is 25.2 Å². The Hall–Kier alpha value is -1.30. The van der Waals surface area contributed by atoms with E-state index in [4.69, 9.17) is 5.73 Å². The van der Waals surface area contributed by atoms with Crippen molar-refractivity contribution in [2.24, 2.45) is 11.7 Å². The first-order chi connectivity index (χ1) is 11.9. The quantitative estimate of drug-likeness (QED) is 0.714. The van der Waals surface area contributed by atoms with Gasteiger partial charge in [-0.05, 0) is 24.8 Å². The number of piperidine rings is 1. The molecular formula is C19H36F3N3. The van der Waals surface area contributed by atoms with Gasteiger partial charge in [0.05, 0.1) is 0 Å². The molecule has 0 unspecified atom stereocenters. The topological polar surface area (TPSA) is 42.2 Å². The molecule has 25 heavy (non-hydrogen) atoms. The maximum Gasteiger partial charge on any atom is 0.433 e. The van der Waals surface area contributed by atoms with E-state index in [0.717, 1.165) is 32.0 Å². The van der Waals surface area contributed by atoms with Crippen LogP contribution < -0.4 is 10.6 Å². The summed E-state index contributed by atoms with van der Waals surface area (Å²) in [5.74, 6) is 1.01. The molecular weight excluding hydrogens is 327 g/mol. The smallest absolute Gasteiger partial charge is 0.356 e. The second kappa shape index (κ2) is 13.9. The predicted octanol–water partition coefficient (Wildman–Crippen LogP) is 5.87. The second-order valence-electron chi connectivity index (χ2n) is 5.05. The van der Waals surface area contributed by atoms with Crippen molar-refractivity contribution in [2.75, 3.05) is 18.0 Å². The van der Waals surface area contributed by atoms with E-state index in [1.807, 2.05) is 46.4 Å². The zero-order valence-electron chi connectivity index (χ0n) is 16.9. The van der Waals surface area contributed by atoms with Gasteiger partial charge in [0.2, 0.25) is 0 Å². The molecule has 6 heteroatoms. The minimum absolute atomic E-state index is 0.201. The van der Waals surface area contributed by atoms with Crippen molar-refractivity contribution in [3.05, 3.63) is 23.4 Å². The van der Waals surface area contributed by atoms with Crippen LogP contribution in [0.1, 0.15) is 72.6 Å². The molecule has 1 aromatic heterocycles. The molecule has 0 aromatic carbocycles. The molecule has 0 radical (unpaired) electrons. The van der Waals surface area contributed by atoms with Crippen LogP contribution in [0, 0.1) is 5.92 Å². The molecule has 1 aliphatic heterocycles. The zero-order chi connectivity index (χ0) is 20.0. The van der Waals surface area contributed by atoms with Gasteiger partial charge in [-0.2, -0.15) is 13.2 Å². The lowest BCUT2D eigenvalue weighted by atomic mass is 9.99. The molecule has 0 saturated carbocycles. The number of nitrogens with zero attached hydrogens (tertiary/aromatic N) is 2. The highest BCUT2D eigenvalue weighted by Crippen LogP contribution is 2.31. The number of halogens is 3. The van der Waals surface area contributed by atoms with Crippen LogP contribution in [0.4, 0.5) is 19.0 Å². The lowest BCUT2D eigenvalue weighted by molar-refractivity contribution is -0.141. The average molecular weight is 364 g/mol. The summed E-state index contributed by atoms with van der Waals surface area (Å²) in [5.41, 5.74) is 5.42. The molecule has 3 nitrogen and oxygen atoms in total. The third-order valence-corrected chi connectivity index (χ3v) is 3.55.